The van der Waals surface area contributed by atoms with E-state index >= 15 is 0 Å². The molecular formula is C24H22O7S. The van der Waals surface area contributed by atoms with Gasteiger partial charge in [-0.3, -0.25) is 4.79 Å². The Balaban J connectivity index is 2.12. The molecule has 0 amide bonds. The number of hydrogen-bond acceptors (Lipinski definition) is 8. The van der Waals surface area contributed by atoms with Crippen molar-refractivity contribution in [1.82, 2.24) is 0 Å². The summed E-state index contributed by atoms with van der Waals surface area (Å²) in [5, 5.41) is 4.33. The van der Waals surface area contributed by atoms with Gasteiger partial charge in [0.2, 0.25) is 11.5 Å². The highest BCUT2D eigenvalue weighted by Gasteiger charge is 2.25. The summed E-state index contributed by atoms with van der Waals surface area (Å²) in [5.74, 6) is 2.49. The number of thiophene rings is 1. The van der Waals surface area contributed by atoms with Crippen molar-refractivity contribution in [2.75, 3.05) is 35.5 Å². The molecule has 0 N–H and O–H groups in total. The van der Waals surface area contributed by atoms with Crippen LogP contribution in [0, 0.1) is 0 Å². The molecule has 166 valence electrons. The summed E-state index contributed by atoms with van der Waals surface area (Å²) < 4.78 is 34.0. The topological polar surface area (TPSA) is 76.4 Å². The molecule has 8 heteroatoms. The van der Waals surface area contributed by atoms with Crippen LogP contribution in [0.3, 0.4) is 0 Å². The second-order valence-corrected chi connectivity index (χ2v) is 7.51. The molecule has 0 aliphatic heterocycles. The molecule has 0 bridgehead atoms. The Hall–Kier alpha value is -3.65. The number of ether oxygens (including phenoxy) is 5. The van der Waals surface area contributed by atoms with E-state index in [1.807, 2.05) is 16.8 Å². The van der Waals surface area contributed by atoms with Gasteiger partial charge >= 0.3 is 0 Å². The van der Waals surface area contributed by atoms with E-state index in [0.29, 0.717) is 51.0 Å². The molecule has 4 rings (SSSR count). The highest BCUT2D eigenvalue weighted by Crippen LogP contribution is 2.50. The van der Waals surface area contributed by atoms with Gasteiger partial charge in [0.25, 0.3) is 0 Å². The van der Waals surface area contributed by atoms with E-state index in [1.165, 1.54) is 27.4 Å². The van der Waals surface area contributed by atoms with Crippen LogP contribution < -0.4 is 29.1 Å². The maximum absolute atomic E-state index is 13.0. The predicted molar refractivity (Wildman–Crippen MR) is 124 cm³/mol. The summed E-state index contributed by atoms with van der Waals surface area (Å²) in [4.78, 5) is 13.0. The van der Waals surface area contributed by atoms with Gasteiger partial charge in [-0.2, -0.15) is 11.3 Å². The van der Waals surface area contributed by atoms with E-state index < -0.39 is 0 Å². The minimum atomic E-state index is -0.216. The Morgan fingerprint density at radius 3 is 2.09 bits per heavy atom. The zero-order chi connectivity index (χ0) is 22.8. The number of rotatable bonds is 7. The quantitative estimate of drug-likeness (QED) is 0.378. The fourth-order valence-corrected chi connectivity index (χ4v) is 4.35. The molecule has 2 heterocycles. The summed E-state index contributed by atoms with van der Waals surface area (Å²) in [5.41, 5.74) is 2.30. The van der Waals surface area contributed by atoms with Crippen molar-refractivity contribution >= 4 is 22.3 Å². The Kier molecular flexibility index (Phi) is 5.96. The van der Waals surface area contributed by atoms with Crippen LogP contribution in [-0.4, -0.2) is 35.5 Å². The van der Waals surface area contributed by atoms with Crippen LogP contribution >= 0.6 is 11.3 Å². The molecule has 0 spiro atoms. The number of fused-ring (bicyclic) bond motifs is 1. The van der Waals surface area contributed by atoms with Crippen LogP contribution in [-0.2, 0) is 0 Å². The molecule has 32 heavy (non-hydrogen) atoms. The maximum Gasteiger partial charge on any atom is 0.204 e. The third kappa shape index (κ3) is 3.42. The van der Waals surface area contributed by atoms with Crippen molar-refractivity contribution in [2.24, 2.45) is 0 Å². The molecule has 7 nitrogen and oxygen atoms in total. The minimum absolute atomic E-state index is 0.216. The van der Waals surface area contributed by atoms with Gasteiger partial charge in [0.1, 0.15) is 5.76 Å². The van der Waals surface area contributed by atoms with Gasteiger partial charge in [-0.05, 0) is 40.6 Å². The molecule has 0 unspecified atom stereocenters. The van der Waals surface area contributed by atoms with Gasteiger partial charge in [0.15, 0.2) is 28.3 Å². The number of benzene rings is 2. The lowest BCUT2D eigenvalue weighted by Crippen LogP contribution is -2.04. The van der Waals surface area contributed by atoms with Gasteiger partial charge in [-0.15, -0.1) is 0 Å². The van der Waals surface area contributed by atoms with Gasteiger partial charge in [0, 0.05) is 17.2 Å². The molecular weight excluding hydrogens is 432 g/mol. The fourth-order valence-electron chi connectivity index (χ4n) is 3.71. The molecule has 0 atom stereocenters. The van der Waals surface area contributed by atoms with Gasteiger partial charge in [-0.1, -0.05) is 0 Å². The van der Waals surface area contributed by atoms with Crippen LogP contribution in [0.4, 0.5) is 0 Å². The maximum atomic E-state index is 13.0. The monoisotopic (exact) mass is 454 g/mol. The van der Waals surface area contributed by atoms with E-state index in [4.69, 9.17) is 28.1 Å². The Morgan fingerprint density at radius 2 is 1.50 bits per heavy atom. The Bertz CT molecular complexity index is 1320. The largest absolute Gasteiger partial charge is 0.493 e. The normalized spacial score (nSPS) is 10.8. The molecule has 4 aromatic rings. The van der Waals surface area contributed by atoms with Crippen LogP contribution in [0.2, 0.25) is 0 Å². The van der Waals surface area contributed by atoms with E-state index in [-0.39, 0.29) is 5.43 Å². The highest BCUT2D eigenvalue weighted by molar-refractivity contribution is 7.08. The van der Waals surface area contributed by atoms with Crippen LogP contribution in [0.1, 0.15) is 0 Å². The van der Waals surface area contributed by atoms with E-state index in [2.05, 4.69) is 0 Å². The smallest absolute Gasteiger partial charge is 0.204 e. The van der Waals surface area contributed by atoms with E-state index in [0.717, 1.165) is 11.1 Å². The third-order valence-corrected chi connectivity index (χ3v) is 5.83. The average molecular weight is 455 g/mol. The van der Waals surface area contributed by atoms with Crippen LogP contribution in [0.5, 0.6) is 28.7 Å². The standard InChI is InChI=1S/C24H22O7S/c1-26-17-7-6-14-16(25)11-18(31-21(14)22(17)28-3)15-10-19(27-2)23(29-4)24(30-5)20(15)13-8-9-32-12-13/h6-12H,1-5H3. The number of hydrogen-bond donors (Lipinski definition) is 0. The van der Waals surface area contributed by atoms with Crippen molar-refractivity contribution < 1.29 is 28.1 Å². The average Bonchev–Trinajstić information content (AvgIpc) is 3.36. The predicted octanol–water partition coefficient (Wildman–Crippen LogP) is 5.23. The summed E-state index contributed by atoms with van der Waals surface area (Å²) in [6.45, 7) is 0. The highest BCUT2D eigenvalue weighted by atomic mass is 32.1. The molecule has 0 saturated heterocycles. The second kappa shape index (κ2) is 8.84. The first-order chi connectivity index (χ1) is 15.6. The minimum Gasteiger partial charge on any atom is -0.493 e. The van der Waals surface area contributed by atoms with Gasteiger partial charge in [0.05, 0.1) is 40.9 Å². The second-order valence-electron chi connectivity index (χ2n) is 6.73. The van der Waals surface area contributed by atoms with Crippen molar-refractivity contribution in [1.29, 1.82) is 0 Å². The first kappa shape index (κ1) is 21.6. The van der Waals surface area contributed by atoms with Gasteiger partial charge < -0.3 is 28.1 Å². The molecule has 0 fully saturated rings. The van der Waals surface area contributed by atoms with Crippen molar-refractivity contribution in [3.63, 3.8) is 0 Å². The fraction of sp³-hybridized carbons (Fsp3) is 0.208. The summed E-state index contributed by atoms with van der Waals surface area (Å²) in [6.07, 6.45) is 0. The van der Waals surface area contributed by atoms with Crippen LogP contribution in [0.15, 0.2) is 50.3 Å². The number of methoxy groups -OCH3 is 5. The lowest BCUT2D eigenvalue weighted by molar-refractivity contribution is 0.325. The third-order valence-electron chi connectivity index (χ3n) is 5.15. The molecule has 0 aliphatic rings. The Labute approximate surface area is 188 Å². The summed E-state index contributed by atoms with van der Waals surface area (Å²) in [7, 11) is 7.67. The zero-order valence-electron chi connectivity index (χ0n) is 18.3. The zero-order valence-corrected chi connectivity index (χ0v) is 19.1. The van der Waals surface area contributed by atoms with Crippen molar-refractivity contribution in [3.05, 3.63) is 51.3 Å². The van der Waals surface area contributed by atoms with E-state index in [9.17, 15) is 4.79 Å². The first-order valence-corrected chi connectivity index (χ1v) is 10.6. The van der Waals surface area contributed by atoms with Crippen LogP contribution in [0.25, 0.3) is 33.4 Å². The first-order valence-electron chi connectivity index (χ1n) is 9.62. The van der Waals surface area contributed by atoms with Gasteiger partial charge in [-0.25, -0.2) is 0 Å². The molecule has 0 saturated carbocycles. The van der Waals surface area contributed by atoms with Crippen molar-refractivity contribution in [3.8, 4) is 51.2 Å². The summed E-state index contributed by atoms with van der Waals surface area (Å²) in [6, 6.07) is 8.51. The molecule has 2 aromatic heterocycles. The Morgan fingerprint density at radius 1 is 0.781 bits per heavy atom. The molecule has 0 radical (unpaired) electrons. The van der Waals surface area contributed by atoms with E-state index in [1.54, 1.807) is 43.8 Å². The lowest BCUT2D eigenvalue weighted by atomic mass is 9.97. The lowest BCUT2D eigenvalue weighted by Gasteiger charge is -2.19. The molecule has 0 aliphatic carbocycles. The summed E-state index contributed by atoms with van der Waals surface area (Å²) >= 11 is 1.54. The van der Waals surface area contributed by atoms with Crippen molar-refractivity contribution in [2.45, 2.75) is 0 Å². The molecule has 2 aromatic carbocycles. The SMILES string of the molecule is COc1cc(-c2cc(=O)c3ccc(OC)c(OC)c3o2)c(-c2ccsc2)c(OC)c1OC.